The minimum atomic E-state index is -0.886. The molecule has 1 saturated heterocycles. The molecule has 2 rings (SSSR count). The number of aliphatic carboxylic acids is 1. The molecule has 0 aromatic heterocycles. The minimum absolute atomic E-state index is 0.00798. The highest BCUT2D eigenvalue weighted by Crippen LogP contribution is 2.27. The fourth-order valence-corrected chi connectivity index (χ4v) is 2.95. The van der Waals surface area contributed by atoms with Crippen LogP contribution in [0.25, 0.3) is 0 Å². The van der Waals surface area contributed by atoms with Crippen molar-refractivity contribution in [3.8, 4) is 0 Å². The molecule has 1 aromatic rings. The van der Waals surface area contributed by atoms with Gasteiger partial charge in [0.2, 0.25) is 11.8 Å². The van der Waals surface area contributed by atoms with Crippen LogP contribution in [-0.2, 0) is 14.4 Å². The molecule has 1 aromatic carbocycles. The predicted octanol–water partition coefficient (Wildman–Crippen LogP) is 2.03. The Bertz CT molecular complexity index is 620. The predicted molar refractivity (Wildman–Crippen MR) is 89.0 cm³/mol. The molecule has 2 unspecified atom stereocenters. The fraction of sp³-hybridized carbons (Fsp3) is 0.438. The molecule has 1 heterocycles. The number of halogens is 1. The van der Waals surface area contributed by atoms with Gasteiger partial charge in [0.25, 0.3) is 0 Å². The maximum absolute atomic E-state index is 12.2. The van der Waals surface area contributed by atoms with Crippen molar-refractivity contribution in [2.24, 2.45) is 11.8 Å². The number of anilines is 1. The maximum atomic E-state index is 12.2. The van der Waals surface area contributed by atoms with E-state index >= 15 is 0 Å². The Morgan fingerprint density at radius 2 is 2.22 bits per heavy atom. The lowest BCUT2D eigenvalue weighted by Crippen LogP contribution is -2.35. The number of carbonyl (C=O) groups is 3. The second kappa shape index (κ2) is 7.59. The summed E-state index contributed by atoms with van der Waals surface area (Å²) in [7, 11) is 0. The molecule has 1 aliphatic rings. The normalized spacial score (nSPS) is 18.8. The van der Waals surface area contributed by atoms with Crippen LogP contribution >= 0.6 is 15.9 Å². The largest absolute Gasteiger partial charge is 0.481 e. The van der Waals surface area contributed by atoms with Crippen molar-refractivity contribution in [1.29, 1.82) is 0 Å². The van der Waals surface area contributed by atoms with E-state index in [2.05, 4.69) is 21.2 Å². The maximum Gasteiger partial charge on any atom is 0.303 e. The minimum Gasteiger partial charge on any atom is -0.481 e. The van der Waals surface area contributed by atoms with Crippen LogP contribution in [0.15, 0.2) is 28.7 Å². The van der Waals surface area contributed by atoms with E-state index in [1.54, 1.807) is 11.8 Å². The molecule has 7 heteroatoms. The van der Waals surface area contributed by atoms with Crippen LogP contribution in [0, 0.1) is 11.8 Å². The summed E-state index contributed by atoms with van der Waals surface area (Å²) in [6.07, 6.45) is 0.180. The molecule has 0 radical (unpaired) electrons. The highest BCUT2D eigenvalue weighted by Gasteiger charge is 2.35. The van der Waals surface area contributed by atoms with Crippen LogP contribution in [0.1, 0.15) is 19.8 Å². The summed E-state index contributed by atoms with van der Waals surface area (Å²) in [4.78, 5) is 36.5. The van der Waals surface area contributed by atoms with Gasteiger partial charge in [0.15, 0.2) is 0 Å². The molecule has 0 saturated carbocycles. The quantitative estimate of drug-likeness (QED) is 0.787. The Morgan fingerprint density at radius 3 is 2.87 bits per heavy atom. The first-order valence-electron chi connectivity index (χ1n) is 7.42. The van der Waals surface area contributed by atoms with Crippen molar-refractivity contribution in [1.82, 2.24) is 5.32 Å². The first-order chi connectivity index (χ1) is 10.9. The summed E-state index contributed by atoms with van der Waals surface area (Å²) < 4.78 is 0.873. The smallest absolute Gasteiger partial charge is 0.303 e. The van der Waals surface area contributed by atoms with Gasteiger partial charge in [-0.25, -0.2) is 0 Å². The number of nitrogens with zero attached hydrogens (tertiary/aromatic N) is 1. The van der Waals surface area contributed by atoms with Crippen LogP contribution in [-0.4, -0.2) is 36.0 Å². The van der Waals surface area contributed by atoms with Crippen LogP contribution in [0.2, 0.25) is 0 Å². The lowest BCUT2D eigenvalue weighted by Gasteiger charge is -2.17. The van der Waals surface area contributed by atoms with Gasteiger partial charge in [-0.3, -0.25) is 14.4 Å². The SMILES string of the molecule is CC(CNC(=O)C1CC(=O)N(c2cccc(Br)c2)C1)CC(=O)O. The van der Waals surface area contributed by atoms with Gasteiger partial charge < -0.3 is 15.3 Å². The number of carboxylic acids is 1. The zero-order valence-electron chi connectivity index (χ0n) is 12.8. The van der Waals surface area contributed by atoms with Gasteiger partial charge in [0, 0.05) is 36.1 Å². The van der Waals surface area contributed by atoms with Gasteiger partial charge in [-0.2, -0.15) is 0 Å². The molecule has 0 bridgehead atoms. The Morgan fingerprint density at radius 1 is 1.48 bits per heavy atom. The molecule has 0 spiro atoms. The third-order valence-corrected chi connectivity index (χ3v) is 4.26. The van der Waals surface area contributed by atoms with E-state index in [4.69, 9.17) is 5.11 Å². The number of carboxylic acid groups (broad SMARTS) is 1. The van der Waals surface area contributed by atoms with E-state index in [1.807, 2.05) is 24.3 Å². The molecule has 2 N–H and O–H groups in total. The van der Waals surface area contributed by atoms with E-state index < -0.39 is 11.9 Å². The molecule has 124 valence electrons. The molecular formula is C16H19BrN2O4. The molecule has 0 aliphatic carbocycles. The standard InChI is InChI=1S/C16H19BrN2O4/c1-10(5-15(21)22)8-18-16(23)11-6-14(20)19(9-11)13-4-2-3-12(17)7-13/h2-4,7,10-11H,5-6,8-9H2,1H3,(H,18,23)(H,21,22). The Balaban J connectivity index is 1.91. The zero-order chi connectivity index (χ0) is 17.0. The van der Waals surface area contributed by atoms with Crippen LogP contribution in [0.5, 0.6) is 0 Å². The number of carbonyl (C=O) groups excluding carboxylic acids is 2. The Labute approximate surface area is 143 Å². The van der Waals surface area contributed by atoms with Crippen molar-refractivity contribution in [2.45, 2.75) is 19.8 Å². The first kappa shape index (κ1) is 17.5. The zero-order valence-corrected chi connectivity index (χ0v) is 14.4. The molecule has 1 aliphatic heterocycles. The molecular weight excluding hydrogens is 364 g/mol. The topological polar surface area (TPSA) is 86.7 Å². The summed E-state index contributed by atoms with van der Waals surface area (Å²) in [5, 5.41) is 11.5. The van der Waals surface area contributed by atoms with Crippen molar-refractivity contribution in [3.63, 3.8) is 0 Å². The Kier molecular flexibility index (Phi) is 5.76. The van der Waals surface area contributed by atoms with E-state index in [0.29, 0.717) is 13.1 Å². The van der Waals surface area contributed by atoms with Crippen molar-refractivity contribution in [3.05, 3.63) is 28.7 Å². The van der Waals surface area contributed by atoms with Crippen molar-refractivity contribution >= 4 is 39.4 Å². The second-order valence-electron chi connectivity index (χ2n) is 5.83. The lowest BCUT2D eigenvalue weighted by molar-refractivity contribution is -0.138. The number of hydrogen-bond acceptors (Lipinski definition) is 3. The fourth-order valence-electron chi connectivity index (χ4n) is 2.57. The van der Waals surface area contributed by atoms with E-state index in [-0.39, 0.29) is 30.6 Å². The third-order valence-electron chi connectivity index (χ3n) is 3.76. The molecule has 2 atom stereocenters. The Hall–Kier alpha value is -1.89. The van der Waals surface area contributed by atoms with Crippen LogP contribution in [0.3, 0.4) is 0 Å². The average molecular weight is 383 g/mol. The summed E-state index contributed by atoms with van der Waals surface area (Å²) in [5.74, 6) is -1.72. The van der Waals surface area contributed by atoms with Gasteiger partial charge in [0.1, 0.15) is 0 Å². The summed E-state index contributed by atoms with van der Waals surface area (Å²) in [6, 6.07) is 7.39. The third kappa shape index (κ3) is 4.79. The van der Waals surface area contributed by atoms with Crippen LogP contribution in [0.4, 0.5) is 5.69 Å². The second-order valence-corrected chi connectivity index (χ2v) is 6.75. The average Bonchev–Trinajstić information content (AvgIpc) is 2.86. The number of hydrogen-bond donors (Lipinski definition) is 2. The van der Waals surface area contributed by atoms with E-state index in [1.165, 1.54) is 0 Å². The number of rotatable bonds is 6. The van der Waals surface area contributed by atoms with Gasteiger partial charge in [-0.05, 0) is 24.1 Å². The molecule has 23 heavy (non-hydrogen) atoms. The van der Waals surface area contributed by atoms with Gasteiger partial charge in [-0.15, -0.1) is 0 Å². The van der Waals surface area contributed by atoms with E-state index in [9.17, 15) is 14.4 Å². The monoisotopic (exact) mass is 382 g/mol. The molecule has 6 nitrogen and oxygen atoms in total. The van der Waals surface area contributed by atoms with Gasteiger partial charge in [0.05, 0.1) is 5.92 Å². The lowest BCUT2D eigenvalue weighted by atomic mass is 10.1. The summed E-state index contributed by atoms with van der Waals surface area (Å²) >= 11 is 3.37. The highest BCUT2D eigenvalue weighted by molar-refractivity contribution is 9.10. The van der Waals surface area contributed by atoms with Crippen LogP contribution < -0.4 is 10.2 Å². The molecule has 1 fully saturated rings. The van der Waals surface area contributed by atoms with E-state index in [0.717, 1.165) is 10.2 Å². The summed E-state index contributed by atoms with van der Waals surface area (Å²) in [5.41, 5.74) is 0.763. The molecule has 2 amide bonds. The first-order valence-corrected chi connectivity index (χ1v) is 8.21. The number of benzene rings is 1. The number of amides is 2. The van der Waals surface area contributed by atoms with Crippen molar-refractivity contribution in [2.75, 3.05) is 18.0 Å². The van der Waals surface area contributed by atoms with Gasteiger partial charge >= 0.3 is 5.97 Å². The number of nitrogens with one attached hydrogen (secondary N) is 1. The summed E-state index contributed by atoms with van der Waals surface area (Å²) in [6.45, 7) is 2.41. The van der Waals surface area contributed by atoms with Crippen molar-refractivity contribution < 1.29 is 19.5 Å². The highest BCUT2D eigenvalue weighted by atomic mass is 79.9. The van der Waals surface area contributed by atoms with Gasteiger partial charge in [-0.1, -0.05) is 28.9 Å².